The number of aliphatic hydroxyl groups excluding tert-OH is 1. The number of halogens is 3. The van der Waals surface area contributed by atoms with Crippen molar-refractivity contribution in [2.45, 2.75) is 31.5 Å². The molecule has 1 aromatic heterocycles. The molecule has 1 aromatic carbocycles. The Balaban J connectivity index is 2.25. The molecule has 2 aromatic rings. The van der Waals surface area contributed by atoms with Gasteiger partial charge in [0.15, 0.2) is 0 Å². The number of ether oxygens (including phenoxy) is 1. The van der Waals surface area contributed by atoms with E-state index >= 15 is 0 Å². The molecule has 0 saturated heterocycles. The molecule has 0 aliphatic carbocycles. The van der Waals surface area contributed by atoms with Crippen LogP contribution in [0.1, 0.15) is 28.7 Å². The topological polar surface area (TPSA) is 58.1 Å². The number of aromatic amines is 1. The summed E-state index contributed by atoms with van der Waals surface area (Å²) in [7, 11) is 1.53. The summed E-state index contributed by atoms with van der Waals surface area (Å²) in [4.78, 5) is 7.00. The summed E-state index contributed by atoms with van der Waals surface area (Å²) < 4.78 is 45.1. The summed E-state index contributed by atoms with van der Waals surface area (Å²) in [6, 6.07) is 7.76. The van der Waals surface area contributed by atoms with E-state index in [4.69, 9.17) is 4.74 Å². The van der Waals surface area contributed by atoms with Gasteiger partial charge in [0.25, 0.3) is 0 Å². The molecule has 7 heteroatoms. The summed E-state index contributed by atoms with van der Waals surface area (Å²) in [5.74, 6) is -1.43. The third kappa shape index (κ3) is 4.56. The first-order valence-corrected chi connectivity index (χ1v) is 7.23. The van der Waals surface area contributed by atoms with Crippen LogP contribution in [0.4, 0.5) is 13.2 Å². The van der Waals surface area contributed by atoms with E-state index in [0.29, 0.717) is 24.4 Å². The Hall–Kier alpha value is -1.86. The van der Waals surface area contributed by atoms with E-state index in [0.717, 1.165) is 0 Å². The highest BCUT2D eigenvalue weighted by molar-refractivity contribution is 5.23. The molecule has 1 atom stereocenters. The average molecular weight is 328 g/mol. The number of nitrogens with one attached hydrogen (secondary N) is 1. The number of nitrogens with zero attached hydrogens (tertiary/aromatic N) is 1. The lowest BCUT2D eigenvalue weighted by Gasteiger charge is -2.19. The number of alkyl halides is 3. The maximum atomic E-state index is 13.4. The van der Waals surface area contributed by atoms with E-state index in [1.807, 2.05) is 0 Å². The van der Waals surface area contributed by atoms with Gasteiger partial charge in [-0.2, -0.15) is 13.2 Å². The second-order valence-corrected chi connectivity index (χ2v) is 5.22. The number of methoxy groups -OCH3 is 1. The van der Waals surface area contributed by atoms with Crippen molar-refractivity contribution in [2.75, 3.05) is 13.7 Å². The molecule has 0 radical (unpaired) electrons. The molecule has 0 bridgehead atoms. The van der Waals surface area contributed by atoms with Gasteiger partial charge in [-0.25, -0.2) is 4.98 Å². The number of hydrogen-bond donors (Lipinski definition) is 2. The van der Waals surface area contributed by atoms with Crippen molar-refractivity contribution < 1.29 is 23.0 Å². The predicted molar refractivity (Wildman–Crippen MR) is 79.0 cm³/mol. The predicted octanol–water partition coefficient (Wildman–Crippen LogP) is 2.98. The van der Waals surface area contributed by atoms with Crippen molar-refractivity contribution in [3.63, 3.8) is 0 Å². The minimum atomic E-state index is -4.37. The zero-order valence-electron chi connectivity index (χ0n) is 12.7. The summed E-state index contributed by atoms with van der Waals surface area (Å²) >= 11 is 0. The van der Waals surface area contributed by atoms with E-state index in [2.05, 4.69) is 9.97 Å². The molecule has 23 heavy (non-hydrogen) atoms. The molecule has 2 N–H and O–H groups in total. The Morgan fingerprint density at radius 3 is 2.52 bits per heavy atom. The molecule has 2 rings (SSSR count). The van der Waals surface area contributed by atoms with Crippen molar-refractivity contribution in [3.05, 3.63) is 53.1 Å². The van der Waals surface area contributed by atoms with Crippen LogP contribution in [0.5, 0.6) is 0 Å². The summed E-state index contributed by atoms with van der Waals surface area (Å²) in [6.45, 7) is 0.0900. The maximum absolute atomic E-state index is 13.4. The van der Waals surface area contributed by atoms with E-state index in [1.54, 1.807) is 18.2 Å². The Kier molecular flexibility index (Phi) is 5.79. The summed E-state index contributed by atoms with van der Waals surface area (Å²) in [5.41, 5.74) is 1.17. The number of hydrogen-bond acceptors (Lipinski definition) is 3. The quantitative estimate of drug-likeness (QED) is 0.821. The zero-order chi connectivity index (χ0) is 16.9. The highest BCUT2D eigenvalue weighted by Crippen LogP contribution is 2.37. The van der Waals surface area contributed by atoms with Crippen LogP contribution in [-0.2, 0) is 24.2 Å². The molecule has 0 aliphatic heterocycles. The van der Waals surface area contributed by atoms with Gasteiger partial charge in [0.1, 0.15) is 5.82 Å². The second-order valence-electron chi connectivity index (χ2n) is 5.22. The normalized spacial score (nSPS) is 13.3. The summed E-state index contributed by atoms with van der Waals surface area (Å²) in [5, 5.41) is 9.31. The highest BCUT2D eigenvalue weighted by atomic mass is 19.4. The second kappa shape index (κ2) is 7.61. The van der Waals surface area contributed by atoms with Gasteiger partial charge in [-0.15, -0.1) is 0 Å². The number of benzene rings is 1. The van der Waals surface area contributed by atoms with Crippen LogP contribution < -0.4 is 0 Å². The van der Waals surface area contributed by atoms with Crippen LogP contribution in [-0.4, -0.2) is 35.0 Å². The van der Waals surface area contributed by atoms with Crippen LogP contribution in [0.15, 0.2) is 30.3 Å². The Morgan fingerprint density at radius 2 is 1.96 bits per heavy atom. The van der Waals surface area contributed by atoms with Crippen molar-refractivity contribution in [2.24, 2.45) is 0 Å². The standard InChI is InChI=1S/C16H19F3N2O2/c1-23-8-7-13-14(10-22)21-15(20-13)9-12(16(17,18)19)11-5-3-2-4-6-11/h2-6,12,22H,7-10H2,1H3,(H,20,21). The molecule has 4 nitrogen and oxygen atoms in total. The smallest absolute Gasteiger partial charge is 0.390 e. The molecular weight excluding hydrogens is 309 g/mol. The van der Waals surface area contributed by atoms with Crippen molar-refractivity contribution in [1.82, 2.24) is 9.97 Å². The Morgan fingerprint density at radius 1 is 1.26 bits per heavy atom. The van der Waals surface area contributed by atoms with E-state index in [9.17, 15) is 18.3 Å². The molecule has 0 aliphatic rings. The number of H-pyrrole nitrogens is 1. The van der Waals surface area contributed by atoms with Gasteiger partial charge in [-0.05, 0) is 5.56 Å². The fourth-order valence-corrected chi connectivity index (χ4v) is 2.44. The SMILES string of the molecule is COCCc1nc(CC(c2ccccc2)C(F)(F)F)[nH]c1CO. The average Bonchev–Trinajstić information content (AvgIpc) is 2.92. The maximum Gasteiger partial charge on any atom is 0.396 e. The first-order chi connectivity index (χ1) is 11.0. The van der Waals surface area contributed by atoms with Crippen molar-refractivity contribution in [3.8, 4) is 0 Å². The molecule has 0 spiro atoms. The van der Waals surface area contributed by atoms with Crippen LogP contribution in [0.25, 0.3) is 0 Å². The van der Waals surface area contributed by atoms with Gasteiger partial charge < -0.3 is 14.8 Å². The monoisotopic (exact) mass is 328 g/mol. The molecule has 0 amide bonds. The first kappa shape index (κ1) is 17.5. The molecule has 0 fully saturated rings. The van der Waals surface area contributed by atoms with E-state index < -0.39 is 12.1 Å². The highest BCUT2D eigenvalue weighted by Gasteiger charge is 2.41. The van der Waals surface area contributed by atoms with Crippen molar-refractivity contribution in [1.29, 1.82) is 0 Å². The van der Waals surface area contributed by atoms with Crippen LogP contribution in [0.3, 0.4) is 0 Å². The summed E-state index contributed by atoms with van der Waals surface area (Å²) in [6.07, 6.45) is -4.24. The van der Waals surface area contributed by atoms with Crippen LogP contribution >= 0.6 is 0 Å². The van der Waals surface area contributed by atoms with Gasteiger partial charge >= 0.3 is 6.18 Å². The van der Waals surface area contributed by atoms with E-state index in [1.165, 1.54) is 19.2 Å². The van der Waals surface area contributed by atoms with Gasteiger partial charge in [0.05, 0.1) is 30.5 Å². The number of imidazole rings is 1. The first-order valence-electron chi connectivity index (χ1n) is 7.23. The number of aromatic nitrogens is 2. The lowest BCUT2D eigenvalue weighted by Crippen LogP contribution is -2.23. The van der Waals surface area contributed by atoms with Gasteiger partial charge in [-0.1, -0.05) is 30.3 Å². The molecular formula is C16H19F3N2O2. The fourth-order valence-electron chi connectivity index (χ4n) is 2.44. The Bertz CT molecular complexity index is 612. The van der Waals surface area contributed by atoms with Crippen molar-refractivity contribution >= 4 is 0 Å². The minimum absolute atomic E-state index is 0.195. The van der Waals surface area contributed by atoms with Gasteiger partial charge in [0, 0.05) is 20.0 Å². The van der Waals surface area contributed by atoms with Crippen LogP contribution in [0.2, 0.25) is 0 Å². The van der Waals surface area contributed by atoms with Gasteiger partial charge in [0.2, 0.25) is 0 Å². The Labute approximate surface area is 132 Å². The third-order valence-corrected chi connectivity index (χ3v) is 3.61. The lowest BCUT2D eigenvalue weighted by molar-refractivity contribution is -0.150. The largest absolute Gasteiger partial charge is 0.396 e. The zero-order valence-corrected chi connectivity index (χ0v) is 12.7. The van der Waals surface area contributed by atoms with Crippen LogP contribution in [0, 0.1) is 0 Å². The third-order valence-electron chi connectivity index (χ3n) is 3.61. The molecule has 126 valence electrons. The van der Waals surface area contributed by atoms with E-state index in [-0.39, 0.29) is 24.4 Å². The fraction of sp³-hybridized carbons (Fsp3) is 0.438. The number of rotatable bonds is 7. The number of aliphatic hydroxyl groups is 1. The molecule has 0 saturated carbocycles. The lowest BCUT2D eigenvalue weighted by atomic mass is 9.95. The molecule has 1 unspecified atom stereocenters. The minimum Gasteiger partial charge on any atom is -0.390 e. The van der Waals surface area contributed by atoms with Gasteiger partial charge in [-0.3, -0.25) is 0 Å². The molecule has 1 heterocycles.